The number of hydrogen-bond donors (Lipinski definition) is 2. The number of nitrogens with zero attached hydrogens (tertiary/aromatic N) is 2. The van der Waals surface area contributed by atoms with E-state index in [0.29, 0.717) is 22.5 Å². The third-order valence-corrected chi connectivity index (χ3v) is 6.12. The van der Waals surface area contributed by atoms with Crippen molar-refractivity contribution in [3.8, 4) is 0 Å². The fourth-order valence-corrected chi connectivity index (χ4v) is 4.33. The Bertz CT molecular complexity index is 1060. The van der Waals surface area contributed by atoms with Gasteiger partial charge in [-0.3, -0.25) is 0 Å². The highest BCUT2D eigenvalue weighted by atomic mass is 16.5. The summed E-state index contributed by atoms with van der Waals surface area (Å²) < 4.78 is 5.91. The monoisotopic (exact) mass is 408 g/mol. The third-order valence-electron chi connectivity index (χ3n) is 6.12. The summed E-state index contributed by atoms with van der Waals surface area (Å²) >= 11 is 0. The molecule has 30 heavy (non-hydrogen) atoms. The van der Waals surface area contributed by atoms with Crippen LogP contribution in [0.3, 0.4) is 0 Å². The molecule has 2 aliphatic carbocycles. The topological polar surface area (TPSA) is 85.2 Å². The largest absolute Gasteiger partial charge is 0.451 e. The summed E-state index contributed by atoms with van der Waals surface area (Å²) in [5.41, 5.74) is 4.13. The maximum Gasteiger partial charge on any atom is 0.434 e. The van der Waals surface area contributed by atoms with E-state index in [1.54, 1.807) is 24.4 Å². The SMILES string of the molecule is COC(=O)n1ncc2c(NC(=O)NC3CCC4=C3C=CC(C(C)(C)C)C4)cccc21. The number of allylic oxidation sites excluding steroid dienone is 2. The Morgan fingerprint density at radius 2 is 2.07 bits per heavy atom. The molecule has 1 aromatic carbocycles. The van der Waals surface area contributed by atoms with E-state index < -0.39 is 6.09 Å². The van der Waals surface area contributed by atoms with Gasteiger partial charge >= 0.3 is 12.1 Å². The number of methoxy groups -OCH3 is 1. The van der Waals surface area contributed by atoms with Crippen LogP contribution in [0.2, 0.25) is 0 Å². The van der Waals surface area contributed by atoms with Crippen LogP contribution in [-0.2, 0) is 4.74 Å². The molecule has 0 bridgehead atoms. The lowest BCUT2D eigenvalue weighted by Crippen LogP contribution is -2.37. The quantitative estimate of drug-likeness (QED) is 0.744. The molecule has 1 heterocycles. The van der Waals surface area contributed by atoms with Crippen LogP contribution >= 0.6 is 0 Å². The van der Waals surface area contributed by atoms with Crippen molar-refractivity contribution in [3.05, 3.63) is 47.7 Å². The van der Waals surface area contributed by atoms with Gasteiger partial charge in [-0.25, -0.2) is 9.59 Å². The average molecular weight is 409 g/mol. The zero-order chi connectivity index (χ0) is 21.5. The highest BCUT2D eigenvalue weighted by molar-refractivity contribution is 6.02. The Balaban J connectivity index is 1.46. The Morgan fingerprint density at radius 3 is 2.80 bits per heavy atom. The van der Waals surface area contributed by atoms with Crippen molar-refractivity contribution in [1.29, 1.82) is 0 Å². The number of urea groups is 1. The van der Waals surface area contributed by atoms with E-state index in [9.17, 15) is 9.59 Å². The summed E-state index contributed by atoms with van der Waals surface area (Å²) in [6.07, 6.45) is 8.49. The molecule has 0 saturated heterocycles. The van der Waals surface area contributed by atoms with Crippen molar-refractivity contribution in [1.82, 2.24) is 15.1 Å². The lowest BCUT2D eigenvalue weighted by Gasteiger charge is -2.31. The molecule has 2 atom stereocenters. The first kappa shape index (κ1) is 20.2. The lowest BCUT2D eigenvalue weighted by atomic mass is 9.74. The smallest absolute Gasteiger partial charge is 0.434 e. The molecule has 0 fully saturated rings. The summed E-state index contributed by atoms with van der Waals surface area (Å²) in [6.45, 7) is 6.82. The Morgan fingerprint density at radius 1 is 1.27 bits per heavy atom. The van der Waals surface area contributed by atoms with Crippen LogP contribution in [0, 0.1) is 11.3 Å². The predicted octanol–water partition coefficient (Wildman–Crippen LogP) is 4.85. The highest BCUT2D eigenvalue weighted by Crippen LogP contribution is 2.42. The van der Waals surface area contributed by atoms with Crippen molar-refractivity contribution >= 4 is 28.7 Å². The molecule has 2 unspecified atom stereocenters. The zero-order valence-corrected chi connectivity index (χ0v) is 17.9. The molecule has 7 nitrogen and oxygen atoms in total. The molecule has 1 aromatic heterocycles. The minimum atomic E-state index is -0.574. The molecule has 0 spiro atoms. The molecule has 2 N–H and O–H groups in total. The van der Waals surface area contributed by atoms with E-state index in [1.165, 1.54) is 22.9 Å². The number of amides is 2. The van der Waals surface area contributed by atoms with Gasteiger partial charge in [0.05, 0.1) is 30.6 Å². The van der Waals surface area contributed by atoms with Gasteiger partial charge in [0, 0.05) is 5.39 Å². The fraction of sp³-hybridized carbons (Fsp3) is 0.435. The molecular formula is C23H28N4O3. The Labute approximate surface area is 176 Å². The van der Waals surface area contributed by atoms with Crippen LogP contribution in [0.1, 0.15) is 40.0 Å². The van der Waals surface area contributed by atoms with Gasteiger partial charge in [0.15, 0.2) is 0 Å². The van der Waals surface area contributed by atoms with Crippen molar-refractivity contribution in [2.45, 2.75) is 46.1 Å². The zero-order valence-electron chi connectivity index (χ0n) is 17.9. The summed E-state index contributed by atoms with van der Waals surface area (Å²) in [5, 5.41) is 10.8. The van der Waals surface area contributed by atoms with Gasteiger partial charge in [-0.2, -0.15) is 9.78 Å². The van der Waals surface area contributed by atoms with Gasteiger partial charge in [-0.1, -0.05) is 44.6 Å². The third kappa shape index (κ3) is 3.72. The number of nitrogens with one attached hydrogen (secondary N) is 2. The van der Waals surface area contributed by atoms with E-state index in [-0.39, 0.29) is 17.5 Å². The van der Waals surface area contributed by atoms with Crippen LogP contribution in [0.25, 0.3) is 10.9 Å². The Kier molecular flexibility index (Phi) is 5.13. The first-order valence-corrected chi connectivity index (χ1v) is 10.3. The molecule has 7 heteroatoms. The number of rotatable bonds is 2. The molecule has 2 aromatic rings. The standard InChI is InChI=1S/C23H28N4O3/c1-23(2,3)15-9-10-16-14(12-15)8-11-19(16)26-21(28)25-18-6-5-7-20-17(18)13-24-27(20)22(29)30-4/h5-7,9-10,13,15,19H,8,11-12H2,1-4H3,(H2,25,26,28). The second kappa shape index (κ2) is 7.63. The molecule has 0 aliphatic heterocycles. The van der Waals surface area contributed by atoms with Gasteiger partial charge in [-0.05, 0) is 48.3 Å². The number of fused-ring (bicyclic) bond motifs is 1. The molecule has 2 aliphatic rings. The van der Waals surface area contributed by atoms with Crippen molar-refractivity contribution in [3.63, 3.8) is 0 Å². The first-order valence-electron chi connectivity index (χ1n) is 10.3. The second-order valence-corrected chi connectivity index (χ2v) is 9.05. The normalized spacial score (nSPS) is 20.9. The van der Waals surface area contributed by atoms with Crippen molar-refractivity contribution in [2.24, 2.45) is 11.3 Å². The number of aromatic nitrogens is 2. The van der Waals surface area contributed by atoms with Gasteiger partial charge in [0.2, 0.25) is 0 Å². The van der Waals surface area contributed by atoms with E-state index in [4.69, 9.17) is 4.74 Å². The van der Waals surface area contributed by atoms with Gasteiger partial charge in [0.1, 0.15) is 0 Å². The van der Waals surface area contributed by atoms with Crippen LogP contribution in [-0.4, -0.2) is 35.1 Å². The van der Waals surface area contributed by atoms with Gasteiger partial charge < -0.3 is 15.4 Å². The van der Waals surface area contributed by atoms with Crippen LogP contribution < -0.4 is 10.6 Å². The molecule has 4 rings (SSSR count). The van der Waals surface area contributed by atoms with E-state index >= 15 is 0 Å². The number of ether oxygens (including phenoxy) is 1. The number of anilines is 1. The van der Waals surface area contributed by atoms with Gasteiger partial charge in [-0.15, -0.1) is 0 Å². The van der Waals surface area contributed by atoms with E-state index in [0.717, 1.165) is 19.3 Å². The fourth-order valence-electron chi connectivity index (χ4n) is 4.33. The van der Waals surface area contributed by atoms with Crippen LogP contribution in [0.5, 0.6) is 0 Å². The van der Waals surface area contributed by atoms with E-state index in [2.05, 4.69) is 48.7 Å². The summed E-state index contributed by atoms with van der Waals surface area (Å²) in [5.74, 6) is 0.535. The molecule has 158 valence electrons. The van der Waals surface area contributed by atoms with Gasteiger partial charge in [0.25, 0.3) is 0 Å². The summed E-state index contributed by atoms with van der Waals surface area (Å²) in [4.78, 5) is 24.6. The number of hydrogen-bond acceptors (Lipinski definition) is 4. The minimum Gasteiger partial charge on any atom is -0.451 e. The minimum absolute atomic E-state index is 0.0224. The summed E-state index contributed by atoms with van der Waals surface area (Å²) in [7, 11) is 1.30. The Hall–Kier alpha value is -3.09. The van der Waals surface area contributed by atoms with E-state index in [1.807, 2.05) is 0 Å². The maximum absolute atomic E-state index is 12.7. The number of benzene rings is 1. The number of carbonyl (C=O) groups excluding carboxylic acids is 2. The predicted molar refractivity (Wildman–Crippen MR) is 116 cm³/mol. The molecule has 0 saturated carbocycles. The number of carbonyl (C=O) groups is 2. The van der Waals surface area contributed by atoms with Crippen LogP contribution in [0.15, 0.2) is 47.7 Å². The van der Waals surface area contributed by atoms with Crippen molar-refractivity contribution < 1.29 is 14.3 Å². The highest BCUT2D eigenvalue weighted by Gasteiger charge is 2.32. The lowest BCUT2D eigenvalue weighted by molar-refractivity contribution is 0.170. The summed E-state index contributed by atoms with van der Waals surface area (Å²) in [6, 6.07) is 5.08. The average Bonchev–Trinajstić information content (AvgIpc) is 3.31. The molecule has 2 amide bonds. The van der Waals surface area contributed by atoms with Crippen LogP contribution in [0.4, 0.5) is 15.3 Å². The molecular weight excluding hydrogens is 380 g/mol. The maximum atomic E-state index is 12.7. The van der Waals surface area contributed by atoms with Crippen molar-refractivity contribution in [2.75, 3.05) is 12.4 Å². The second-order valence-electron chi connectivity index (χ2n) is 9.05. The molecule has 0 radical (unpaired) electrons. The first-order chi connectivity index (χ1) is 14.3.